The number of unbranched alkanes of at least 4 members (excludes halogenated alkanes) is 2. The number of carboxylic acid groups (broad SMARTS) is 1. The lowest BCUT2D eigenvalue weighted by Crippen LogP contribution is -2.20. The molecule has 40 heavy (non-hydrogen) atoms. The van der Waals surface area contributed by atoms with Crippen LogP contribution in [0.2, 0.25) is 0 Å². The Hall–Kier alpha value is -3.04. The quantitative estimate of drug-likeness (QED) is 0.0604. The van der Waals surface area contributed by atoms with Crippen molar-refractivity contribution in [3.05, 3.63) is 57.0 Å². The maximum atomic E-state index is 12.3. The van der Waals surface area contributed by atoms with Crippen LogP contribution in [0, 0.1) is 5.92 Å². The van der Waals surface area contributed by atoms with Gasteiger partial charge in [0.2, 0.25) is 0 Å². The molecule has 0 fully saturated rings. The average molecular weight is 560 g/mol. The van der Waals surface area contributed by atoms with Crippen LogP contribution in [-0.2, 0) is 20.6 Å². The standard InChI is InChI=1S/C30H45N3O7/c1-5-6-7-8-23-20-26(40-18-17-39-16-15-38-14-13-37-12-11-32-33-31)28(29(34)27(23)30(35)36)25-19-22(4)9-10-24(25)21(2)3/h19-20,24-25,34H,2,5-18H2,1,3-4H3,(H,35,36). The lowest BCUT2D eigenvalue weighted by atomic mass is 9.73. The summed E-state index contributed by atoms with van der Waals surface area (Å²) in [6.45, 7) is 13.1. The molecule has 0 aromatic heterocycles. The van der Waals surface area contributed by atoms with Crippen molar-refractivity contribution in [2.24, 2.45) is 11.0 Å². The van der Waals surface area contributed by atoms with Crippen molar-refractivity contribution in [1.82, 2.24) is 0 Å². The molecule has 0 heterocycles. The van der Waals surface area contributed by atoms with Crippen LogP contribution in [0.5, 0.6) is 11.5 Å². The first-order valence-electron chi connectivity index (χ1n) is 14.1. The van der Waals surface area contributed by atoms with E-state index in [1.165, 1.54) is 5.57 Å². The van der Waals surface area contributed by atoms with Crippen molar-refractivity contribution in [3.63, 3.8) is 0 Å². The molecule has 0 radical (unpaired) electrons. The van der Waals surface area contributed by atoms with E-state index in [0.717, 1.165) is 37.7 Å². The third kappa shape index (κ3) is 10.5. The number of ether oxygens (including phenoxy) is 4. The van der Waals surface area contributed by atoms with Crippen molar-refractivity contribution < 1.29 is 34.0 Å². The summed E-state index contributed by atoms with van der Waals surface area (Å²) < 4.78 is 22.6. The summed E-state index contributed by atoms with van der Waals surface area (Å²) in [7, 11) is 0. The van der Waals surface area contributed by atoms with Crippen molar-refractivity contribution in [2.75, 3.05) is 52.8 Å². The fourth-order valence-electron chi connectivity index (χ4n) is 4.96. The first-order valence-corrected chi connectivity index (χ1v) is 14.1. The van der Waals surface area contributed by atoms with Gasteiger partial charge in [0.05, 0.1) is 39.6 Å². The van der Waals surface area contributed by atoms with Gasteiger partial charge in [0.25, 0.3) is 0 Å². The number of hydrogen-bond acceptors (Lipinski definition) is 7. The maximum Gasteiger partial charge on any atom is 0.339 e. The van der Waals surface area contributed by atoms with Crippen LogP contribution in [-0.4, -0.2) is 69.0 Å². The summed E-state index contributed by atoms with van der Waals surface area (Å²) in [6.07, 6.45) is 7.28. The van der Waals surface area contributed by atoms with Gasteiger partial charge in [-0.25, -0.2) is 4.79 Å². The average Bonchev–Trinajstić information content (AvgIpc) is 2.91. The minimum atomic E-state index is -1.13. The highest BCUT2D eigenvalue weighted by Crippen LogP contribution is 2.48. The fourth-order valence-corrected chi connectivity index (χ4v) is 4.96. The molecule has 0 spiro atoms. The Labute approximate surface area is 237 Å². The molecule has 2 N–H and O–H groups in total. The van der Waals surface area contributed by atoms with Crippen molar-refractivity contribution in [2.45, 2.75) is 65.2 Å². The number of phenols is 1. The Morgan fingerprint density at radius 3 is 2.38 bits per heavy atom. The second kappa shape index (κ2) is 18.3. The molecule has 0 saturated carbocycles. The predicted molar refractivity (Wildman–Crippen MR) is 154 cm³/mol. The molecule has 10 heteroatoms. The van der Waals surface area contributed by atoms with E-state index in [1.54, 1.807) is 6.07 Å². The first-order chi connectivity index (χ1) is 19.3. The van der Waals surface area contributed by atoms with Crippen LogP contribution in [0.15, 0.2) is 35.0 Å². The van der Waals surface area contributed by atoms with Gasteiger partial charge < -0.3 is 29.2 Å². The second-order valence-corrected chi connectivity index (χ2v) is 10.1. The number of nitrogens with zero attached hydrogens (tertiary/aromatic N) is 3. The highest BCUT2D eigenvalue weighted by Gasteiger charge is 2.33. The zero-order valence-electron chi connectivity index (χ0n) is 24.2. The molecular weight excluding hydrogens is 514 g/mol. The monoisotopic (exact) mass is 559 g/mol. The molecule has 2 rings (SSSR count). The number of rotatable bonds is 20. The molecule has 10 nitrogen and oxygen atoms in total. The summed E-state index contributed by atoms with van der Waals surface area (Å²) in [5, 5.41) is 24.9. The molecule has 1 aromatic carbocycles. The fraction of sp³-hybridized carbons (Fsp3) is 0.633. The van der Waals surface area contributed by atoms with Gasteiger partial charge in [-0.05, 0) is 62.6 Å². The van der Waals surface area contributed by atoms with Crippen LogP contribution < -0.4 is 4.74 Å². The van der Waals surface area contributed by atoms with Gasteiger partial charge in [0, 0.05) is 22.9 Å². The van der Waals surface area contributed by atoms with E-state index >= 15 is 0 Å². The zero-order chi connectivity index (χ0) is 29.3. The van der Waals surface area contributed by atoms with Gasteiger partial charge in [0.15, 0.2) is 0 Å². The van der Waals surface area contributed by atoms with Gasteiger partial charge in [-0.2, -0.15) is 0 Å². The van der Waals surface area contributed by atoms with Gasteiger partial charge in [0.1, 0.15) is 23.7 Å². The SMILES string of the molecule is C=C(C)C1CCC(C)=CC1c1c(OCCOCCOCCOCCN=[N+]=[N-])cc(CCCCC)c(C(=O)O)c1O. The number of aryl methyl sites for hydroxylation is 1. The summed E-state index contributed by atoms with van der Waals surface area (Å²) >= 11 is 0. The highest BCUT2D eigenvalue weighted by molar-refractivity contribution is 5.94. The molecule has 0 saturated heterocycles. The molecule has 1 aliphatic carbocycles. The summed E-state index contributed by atoms with van der Waals surface area (Å²) in [5.74, 6) is -1.01. The Morgan fingerprint density at radius 2 is 1.77 bits per heavy atom. The van der Waals surface area contributed by atoms with Gasteiger partial charge >= 0.3 is 5.97 Å². The number of aromatic carboxylic acids is 1. The van der Waals surface area contributed by atoms with E-state index in [0.29, 0.717) is 69.5 Å². The van der Waals surface area contributed by atoms with E-state index in [4.69, 9.17) is 24.5 Å². The Bertz CT molecular complexity index is 1050. The van der Waals surface area contributed by atoms with Gasteiger partial charge in [-0.1, -0.05) is 48.7 Å². The van der Waals surface area contributed by atoms with Crippen LogP contribution in [0.1, 0.15) is 80.3 Å². The van der Waals surface area contributed by atoms with E-state index in [2.05, 4.69) is 36.5 Å². The Kier molecular flexibility index (Phi) is 15.2. The molecule has 0 amide bonds. The second-order valence-electron chi connectivity index (χ2n) is 10.1. The number of aromatic hydroxyl groups is 1. The number of allylic oxidation sites excluding steroid dienone is 3. The minimum absolute atomic E-state index is 0.0364. The molecule has 1 aliphatic rings. The lowest BCUT2D eigenvalue weighted by molar-refractivity contribution is 0.0105. The van der Waals surface area contributed by atoms with Crippen molar-refractivity contribution in [3.8, 4) is 11.5 Å². The van der Waals surface area contributed by atoms with Crippen LogP contribution in [0.3, 0.4) is 0 Å². The molecular formula is C30H45N3O7. The molecule has 0 aliphatic heterocycles. The lowest BCUT2D eigenvalue weighted by Gasteiger charge is -2.32. The molecule has 0 bridgehead atoms. The number of carbonyl (C=O) groups is 1. The molecule has 2 atom stereocenters. The van der Waals surface area contributed by atoms with Crippen LogP contribution in [0.4, 0.5) is 0 Å². The largest absolute Gasteiger partial charge is 0.507 e. The number of hydrogen-bond donors (Lipinski definition) is 2. The van der Waals surface area contributed by atoms with Crippen molar-refractivity contribution >= 4 is 5.97 Å². The highest BCUT2D eigenvalue weighted by atomic mass is 16.6. The van der Waals surface area contributed by atoms with Gasteiger partial charge in [-0.15, -0.1) is 0 Å². The molecule has 222 valence electrons. The third-order valence-electron chi connectivity index (χ3n) is 6.99. The minimum Gasteiger partial charge on any atom is -0.507 e. The van der Waals surface area contributed by atoms with E-state index in [9.17, 15) is 15.0 Å². The third-order valence-corrected chi connectivity index (χ3v) is 6.99. The van der Waals surface area contributed by atoms with E-state index in [1.807, 2.05) is 6.92 Å². The topological polar surface area (TPSA) is 143 Å². The van der Waals surface area contributed by atoms with E-state index in [-0.39, 0.29) is 29.8 Å². The summed E-state index contributed by atoms with van der Waals surface area (Å²) in [6, 6.07) is 1.80. The number of carboxylic acids is 1. The van der Waals surface area contributed by atoms with Crippen LogP contribution >= 0.6 is 0 Å². The normalized spacial score (nSPS) is 16.7. The summed E-state index contributed by atoms with van der Waals surface area (Å²) in [5.41, 5.74) is 11.5. The molecule has 2 unspecified atom stereocenters. The maximum absolute atomic E-state index is 12.3. The number of benzene rings is 1. The Balaban J connectivity index is 2.11. The Morgan fingerprint density at radius 1 is 1.12 bits per heavy atom. The smallest absolute Gasteiger partial charge is 0.339 e. The first kappa shape index (κ1) is 33.2. The molecule has 1 aromatic rings. The number of azide groups is 1. The van der Waals surface area contributed by atoms with Crippen molar-refractivity contribution in [1.29, 1.82) is 0 Å². The van der Waals surface area contributed by atoms with Crippen LogP contribution in [0.25, 0.3) is 10.4 Å². The predicted octanol–water partition coefficient (Wildman–Crippen LogP) is 6.58. The van der Waals surface area contributed by atoms with E-state index < -0.39 is 5.97 Å². The summed E-state index contributed by atoms with van der Waals surface area (Å²) in [4.78, 5) is 15.0. The zero-order valence-corrected chi connectivity index (χ0v) is 24.2. The van der Waals surface area contributed by atoms with Gasteiger partial charge in [-0.3, -0.25) is 0 Å².